The summed E-state index contributed by atoms with van der Waals surface area (Å²) in [6, 6.07) is 17.8. The van der Waals surface area contributed by atoms with E-state index in [4.69, 9.17) is 0 Å². The topological polar surface area (TPSA) is 20.5 Å². The Bertz CT molecular complexity index is 1040. The number of nitrogens with zero attached hydrogens (tertiary/aromatic N) is 3. The highest BCUT2D eigenvalue weighted by Gasteiger charge is 2.18. The van der Waals surface area contributed by atoms with E-state index in [1.807, 2.05) is 6.20 Å². The molecule has 136 valence electrons. The molecule has 0 N–H and O–H groups in total. The number of fused-ring (bicyclic) bond motifs is 1. The van der Waals surface area contributed by atoms with Crippen molar-refractivity contribution in [2.24, 2.45) is 0 Å². The first-order chi connectivity index (χ1) is 13.3. The van der Waals surface area contributed by atoms with Crippen LogP contribution in [0.5, 0.6) is 0 Å². The first-order valence-corrected chi connectivity index (χ1v) is 10.5. The van der Waals surface area contributed by atoms with E-state index in [2.05, 4.69) is 81.4 Å². The van der Waals surface area contributed by atoms with Crippen LogP contribution in [0.3, 0.4) is 0 Å². The Morgan fingerprint density at radius 2 is 1.81 bits per heavy atom. The molecule has 0 unspecified atom stereocenters. The molecule has 27 heavy (non-hydrogen) atoms. The molecule has 1 aromatic carbocycles. The van der Waals surface area contributed by atoms with Crippen molar-refractivity contribution >= 4 is 17.0 Å². The van der Waals surface area contributed by atoms with Gasteiger partial charge in [0.05, 0.1) is 16.8 Å². The zero-order chi connectivity index (χ0) is 18.2. The Labute approximate surface area is 163 Å². The van der Waals surface area contributed by atoms with Gasteiger partial charge >= 0.3 is 0 Å². The number of rotatable bonds is 3. The maximum Gasteiger partial charge on any atom is 0.137 e. The number of hydrogen-bond donors (Lipinski definition) is 0. The van der Waals surface area contributed by atoms with Gasteiger partial charge in [0.2, 0.25) is 0 Å². The summed E-state index contributed by atoms with van der Waals surface area (Å²) in [5.74, 6) is 0.707. The van der Waals surface area contributed by atoms with Gasteiger partial charge in [-0.2, -0.15) is 0 Å². The largest absolute Gasteiger partial charge is 0.306 e. The lowest BCUT2D eigenvalue weighted by Crippen LogP contribution is -2.29. The van der Waals surface area contributed by atoms with Crippen molar-refractivity contribution in [2.45, 2.75) is 18.8 Å². The number of thiophene rings is 1. The van der Waals surface area contributed by atoms with E-state index in [1.165, 1.54) is 47.5 Å². The molecule has 0 radical (unpaired) electrons. The predicted octanol–water partition coefficient (Wildman–Crippen LogP) is 5.54. The fourth-order valence-corrected chi connectivity index (χ4v) is 4.79. The van der Waals surface area contributed by atoms with E-state index in [0.29, 0.717) is 5.92 Å². The van der Waals surface area contributed by atoms with Crippen LogP contribution in [0.15, 0.2) is 66.3 Å². The Kier molecular flexibility index (Phi) is 4.30. The summed E-state index contributed by atoms with van der Waals surface area (Å²) in [6.45, 7) is 2.41. The van der Waals surface area contributed by atoms with E-state index >= 15 is 0 Å². The molecule has 0 amide bonds. The maximum absolute atomic E-state index is 4.62. The van der Waals surface area contributed by atoms with Crippen molar-refractivity contribution in [1.82, 2.24) is 14.3 Å². The zero-order valence-electron chi connectivity index (χ0n) is 15.5. The summed E-state index contributed by atoms with van der Waals surface area (Å²) in [4.78, 5) is 8.30. The minimum absolute atomic E-state index is 0.707. The lowest BCUT2D eigenvalue weighted by Gasteiger charge is -2.29. The SMILES string of the molecule is CN1CCC(c2ccc(-c3ccn4c(-c5cccs5)cnc4c3)cc2)CC1. The Morgan fingerprint density at radius 1 is 1.00 bits per heavy atom. The lowest BCUT2D eigenvalue weighted by atomic mass is 9.89. The molecular formula is C23H23N3S. The van der Waals surface area contributed by atoms with Gasteiger partial charge in [-0.15, -0.1) is 11.3 Å². The van der Waals surface area contributed by atoms with Crippen LogP contribution in [0, 0.1) is 0 Å². The molecule has 1 fully saturated rings. The van der Waals surface area contributed by atoms with Gasteiger partial charge in [0.15, 0.2) is 0 Å². The molecule has 1 saturated heterocycles. The molecule has 1 aliphatic heterocycles. The molecule has 0 bridgehead atoms. The third-order valence-electron chi connectivity index (χ3n) is 5.72. The average molecular weight is 374 g/mol. The summed E-state index contributed by atoms with van der Waals surface area (Å²) in [7, 11) is 2.22. The van der Waals surface area contributed by atoms with Gasteiger partial charge in [-0.05, 0) is 79.2 Å². The van der Waals surface area contributed by atoms with Gasteiger partial charge in [0.1, 0.15) is 5.65 Å². The van der Waals surface area contributed by atoms with Crippen molar-refractivity contribution in [3.63, 3.8) is 0 Å². The second-order valence-corrected chi connectivity index (χ2v) is 8.41. The number of piperidine rings is 1. The number of pyridine rings is 1. The number of hydrogen-bond acceptors (Lipinski definition) is 3. The summed E-state index contributed by atoms with van der Waals surface area (Å²) < 4.78 is 2.17. The van der Waals surface area contributed by atoms with Crippen molar-refractivity contribution in [3.05, 3.63) is 71.9 Å². The lowest BCUT2D eigenvalue weighted by molar-refractivity contribution is 0.255. The smallest absolute Gasteiger partial charge is 0.137 e. The number of likely N-dealkylation sites (tertiary alicyclic amines) is 1. The molecule has 4 heterocycles. The molecule has 0 atom stereocenters. The van der Waals surface area contributed by atoms with Crippen LogP contribution in [0.2, 0.25) is 0 Å². The monoisotopic (exact) mass is 373 g/mol. The highest BCUT2D eigenvalue weighted by atomic mass is 32.1. The second kappa shape index (κ2) is 6.95. The van der Waals surface area contributed by atoms with Crippen molar-refractivity contribution in [2.75, 3.05) is 20.1 Å². The van der Waals surface area contributed by atoms with Crippen molar-refractivity contribution in [3.8, 4) is 21.7 Å². The number of imidazole rings is 1. The first-order valence-electron chi connectivity index (χ1n) is 9.58. The van der Waals surface area contributed by atoms with E-state index in [9.17, 15) is 0 Å². The maximum atomic E-state index is 4.62. The third-order valence-corrected chi connectivity index (χ3v) is 6.61. The van der Waals surface area contributed by atoms with Crippen LogP contribution in [0.25, 0.3) is 27.3 Å². The standard InChI is InChI=1S/C23H23N3S/c1-25-11-8-19(9-12-25)17-4-6-18(7-5-17)20-10-13-26-21(16-24-23(26)15-20)22-3-2-14-27-22/h2-7,10,13-16,19H,8-9,11-12H2,1H3. The van der Waals surface area contributed by atoms with Gasteiger partial charge in [-0.3, -0.25) is 4.40 Å². The van der Waals surface area contributed by atoms with Gasteiger partial charge < -0.3 is 4.90 Å². The summed E-state index contributed by atoms with van der Waals surface area (Å²) >= 11 is 1.75. The average Bonchev–Trinajstić information content (AvgIpc) is 3.38. The predicted molar refractivity (Wildman–Crippen MR) is 113 cm³/mol. The highest BCUT2D eigenvalue weighted by Crippen LogP contribution is 2.31. The van der Waals surface area contributed by atoms with Crippen molar-refractivity contribution < 1.29 is 0 Å². The summed E-state index contributed by atoms with van der Waals surface area (Å²) in [5, 5.41) is 2.11. The fraction of sp³-hybridized carbons (Fsp3) is 0.261. The van der Waals surface area contributed by atoms with E-state index in [1.54, 1.807) is 11.3 Å². The Balaban J connectivity index is 1.42. The minimum Gasteiger partial charge on any atom is -0.306 e. The first kappa shape index (κ1) is 16.7. The van der Waals surface area contributed by atoms with E-state index < -0.39 is 0 Å². The minimum atomic E-state index is 0.707. The Hall–Kier alpha value is -2.43. The van der Waals surface area contributed by atoms with Crippen LogP contribution in [0.1, 0.15) is 24.3 Å². The van der Waals surface area contributed by atoms with Gasteiger partial charge in [0.25, 0.3) is 0 Å². The molecule has 3 aromatic heterocycles. The molecule has 4 heteroatoms. The summed E-state index contributed by atoms with van der Waals surface area (Å²) in [6.07, 6.45) is 6.63. The normalized spacial score (nSPS) is 16.2. The van der Waals surface area contributed by atoms with E-state index in [-0.39, 0.29) is 0 Å². The molecule has 0 saturated carbocycles. The molecule has 5 rings (SSSR count). The molecule has 1 aliphatic rings. The number of benzene rings is 1. The zero-order valence-corrected chi connectivity index (χ0v) is 16.3. The van der Waals surface area contributed by atoms with Crippen LogP contribution in [0.4, 0.5) is 0 Å². The highest BCUT2D eigenvalue weighted by molar-refractivity contribution is 7.13. The van der Waals surface area contributed by atoms with E-state index in [0.717, 1.165) is 11.3 Å². The molecular weight excluding hydrogens is 350 g/mol. The van der Waals surface area contributed by atoms with Crippen molar-refractivity contribution in [1.29, 1.82) is 0 Å². The van der Waals surface area contributed by atoms with Crippen LogP contribution < -0.4 is 0 Å². The van der Waals surface area contributed by atoms with Crippen LogP contribution in [-0.2, 0) is 0 Å². The number of aromatic nitrogens is 2. The molecule has 3 nitrogen and oxygen atoms in total. The molecule has 0 spiro atoms. The van der Waals surface area contributed by atoms with Gasteiger partial charge in [-0.25, -0.2) is 4.98 Å². The van der Waals surface area contributed by atoms with Gasteiger partial charge in [-0.1, -0.05) is 30.3 Å². The van der Waals surface area contributed by atoms with Gasteiger partial charge in [0, 0.05) is 6.20 Å². The fourth-order valence-electron chi connectivity index (χ4n) is 4.06. The summed E-state index contributed by atoms with van der Waals surface area (Å²) in [5.41, 5.74) is 6.11. The van der Waals surface area contributed by atoms with Crippen LogP contribution >= 0.6 is 11.3 Å². The molecule has 0 aliphatic carbocycles. The Morgan fingerprint density at radius 3 is 2.56 bits per heavy atom. The van der Waals surface area contributed by atoms with Crippen LogP contribution in [-0.4, -0.2) is 34.4 Å². The second-order valence-electron chi connectivity index (χ2n) is 7.46. The quantitative estimate of drug-likeness (QED) is 0.470. The third kappa shape index (κ3) is 3.20. The molecule has 4 aromatic rings.